The molecule has 0 amide bonds. The average molecular weight is 633 g/mol. The van der Waals surface area contributed by atoms with Crippen molar-refractivity contribution < 1.29 is 76.2 Å². The molecule has 1 heterocycles. The summed E-state index contributed by atoms with van der Waals surface area (Å²) < 4.78 is 50.0. The molecular weight excluding hydrogens is 592 g/mol. The van der Waals surface area contributed by atoms with Crippen LogP contribution < -0.4 is 0 Å². The van der Waals surface area contributed by atoms with Crippen molar-refractivity contribution in [2.24, 2.45) is 5.92 Å². The number of ether oxygens (including phenoxy) is 9. The Bertz CT molecular complexity index is 1090. The van der Waals surface area contributed by atoms with Gasteiger partial charge >= 0.3 is 41.8 Å². The van der Waals surface area contributed by atoms with E-state index in [2.05, 4.69) is 0 Å². The van der Waals surface area contributed by atoms with Gasteiger partial charge in [0, 0.05) is 67.9 Å². The molecule has 1 aliphatic heterocycles. The van der Waals surface area contributed by atoms with E-state index in [0.29, 0.717) is 0 Å². The molecule has 0 aromatic rings. The Hall–Kier alpha value is -3.79. The Kier molecular flexibility index (Phi) is 13.5. The Morgan fingerprint density at radius 1 is 0.523 bits per heavy atom. The van der Waals surface area contributed by atoms with Crippen LogP contribution in [0.5, 0.6) is 0 Å². The van der Waals surface area contributed by atoms with Gasteiger partial charge in [-0.05, 0) is 6.42 Å². The molecule has 1 aliphatic carbocycles. The Balaban J connectivity index is 2.69. The predicted octanol–water partition coefficient (Wildman–Crippen LogP) is 0.332. The smallest absolute Gasteiger partial charge is 0.303 e. The summed E-state index contributed by atoms with van der Waals surface area (Å²) in [4.78, 5) is 84.7. The number of carbonyl (C=O) groups is 7. The lowest BCUT2D eigenvalue weighted by Crippen LogP contribution is -2.64. The van der Waals surface area contributed by atoms with E-state index in [9.17, 15) is 33.6 Å². The Labute approximate surface area is 254 Å². The quantitative estimate of drug-likeness (QED) is 0.222. The van der Waals surface area contributed by atoms with Crippen LogP contribution >= 0.6 is 0 Å². The van der Waals surface area contributed by atoms with Gasteiger partial charge in [0.2, 0.25) is 0 Å². The number of hydrogen-bond acceptors (Lipinski definition) is 16. The number of esters is 7. The van der Waals surface area contributed by atoms with Gasteiger partial charge in [0.15, 0.2) is 24.4 Å². The number of hydrogen-bond donors (Lipinski definition) is 0. The summed E-state index contributed by atoms with van der Waals surface area (Å²) in [5.41, 5.74) is 0. The molecule has 2 aliphatic rings. The lowest BCUT2D eigenvalue weighted by atomic mass is 9.75. The molecule has 0 radical (unpaired) electrons. The van der Waals surface area contributed by atoms with Gasteiger partial charge in [0.1, 0.15) is 31.0 Å². The van der Waals surface area contributed by atoms with Crippen LogP contribution in [-0.4, -0.2) is 110 Å². The minimum Gasteiger partial charge on any atom is -0.463 e. The molecule has 0 aromatic carbocycles. The molecule has 16 nitrogen and oxygen atoms in total. The summed E-state index contributed by atoms with van der Waals surface area (Å²) in [6.07, 6.45) is -11.2. The first-order chi connectivity index (χ1) is 20.5. The molecule has 1 saturated heterocycles. The highest BCUT2D eigenvalue weighted by Gasteiger charge is 2.56. The number of carbonyl (C=O) groups excluding carboxylic acids is 7. The van der Waals surface area contributed by atoms with Crippen molar-refractivity contribution in [1.29, 1.82) is 0 Å². The van der Waals surface area contributed by atoms with Gasteiger partial charge in [-0.15, -0.1) is 0 Å². The Morgan fingerprint density at radius 2 is 0.955 bits per heavy atom. The average Bonchev–Trinajstić information content (AvgIpc) is 2.87. The number of methoxy groups -OCH3 is 1. The molecule has 10 atom stereocenters. The van der Waals surface area contributed by atoms with Gasteiger partial charge in [-0.1, -0.05) is 0 Å². The highest BCUT2D eigenvalue weighted by atomic mass is 16.7. The maximum atomic E-state index is 12.3. The first-order valence-electron chi connectivity index (χ1n) is 13.9. The first-order valence-corrected chi connectivity index (χ1v) is 13.9. The lowest BCUT2D eigenvalue weighted by Gasteiger charge is -2.48. The zero-order chi connectivity index (χ0) is 33.3. The molecule has 1 saturated carbocycles. The molecule has 0 aromatic heterocycles. The maximum Gasteiger partial charge on any atom is 0.303 e. The van der Waals surface area contributed by atoms with Gasteiger partial charge in [0.25, 0.3) is 0 Å². The van der Waals surface area contributed by atoms with Crippen molar-refractivity contribution in [3.63, 3.8) is 0 Å². The maximum absolute atomic E-state index is 12.3. The van der Waals surface area contributed by atoms with E-state index < -0.39 is 109 Å². The summed E-state index contributed by atoms with van der Waals surface area (Å²) in [6.45, 7) is 7.42. The lowest BCUT2D eigenvalue weighted by molar-refractivity contribution is -0.261. The SMILES string of the molecule is CO[C@H]1C[C@@H](OC(C)=O)[C@@H](C[C@H]2O[C@H](COC(C)=O)[C@H](OC(C)=O)[C@H](OC(C)=O)[C@H]2OC(C)=O)[C@H](OC(C)=O)[C@H]1OC(C)=O. The molecule has 0 spiro atoms. The Morgan fingerprint density at radius 3 is 1.41 bits per heavy atom. The van der Waals surface area contributed by atoms with Crippen LogP contribution in [0, 0.1) is 5.92 Å². The van der Waals surface area contributed by atoms with Crippen LogP contribution in [0.2, 0.25) is 0 Å². The van der Waals surface area contributed by atoms with Crippen LogP contribution in [0.15, 0.2) is 0 Å². The normalized spacial score (nSPS) is 31.5. The first kappa shape index (κ1) is 36.4. The molecule has 16 heteroatoms. The fourth-order valence-corrected chi connectivity index (χ4v) is 5.53. The van der Waals surface area contributed by atoms with Crippen molar-refractivity contribution in [2.75, 3.05) is 13.7 Å². The van der Waals surface area contributed by atoms with E-state index >= 15 is 0 Å². The summed E-state index contributed by atoms with van der Waals surface area (Å²) in [7, 11) is 1.34. The van der Waals surface area contributed by atoms with Gasteiger partial charge in [-0.2, -0.15) is 0 Å². The van der Waals surface area contributed by atoms with Crippen LogP contribution in [0.4, 0.5) is 0 Å². The molecule has 0 bridgehead atoms. The summed E-state index contributed by atoms with van der Waals surface area (Å²) in [5.74, 6) is -6.22. The molecule has 0 N–H and O–H groups in total. The fraction of sp³-hybridized carbons (Fsp3) is 0.750. The highest BCUT2D eigenvalue weighted by molar-refractivity contribution is 5.69. The molecule has 2 fully saturated rings. The number of rotatable bonds is 11. The van der Waals surface area contributed by atoms with Crippen LogP contribution in [0.25, 0.3) is 0 Å². The fourth-order valence-electron chi connectivity index (χ4n) is 5.53. The third kappa shape index (κ3) is 10.4. The zero-order valence-corrected chi connectivity index (χ0v) is 25.9. The van der Waals surface area contributed by atoms with Crippen molar-refractivity contribution in [1.82, 2.24) is 0 Å². The van der Waals surface area contributed by atoms with E-state index in [4.69, 9.17) is 42.6 Å². The standard InChI is InChI=1S/C28H40O16/c1-12(29)37-11-23-27(42-17(6)34)28(43-18(7)35)26(41-16(5)33)22(44-23)9-19-20(38-13(2)30)10-21(36-8)25(40-15(4)32)24(19)39-14(3)31/h19-28H,9-11H2,1-8H3/t19-,20-,21+,22-,23-,24+,25+,26+,27+,28-/m1/s1. The van der Waals surface area contributed by atoms with Crippen molar-refractivity contribution in [3.05, 3.63) is 0 Å². The minimum absolute atomic E-state index is 0.00172. The largest absolute Gasteiger partial charge is 0.463 e. The summed E-state index contributed by atoms with van der Waals surface area (Å²) in [5, 5.41) is 0. The van der Waals surface area contributed by atoms with E-state index in [-0.39, 0.29) is 12.8 Å². The monoisotopic (exact) mass is 632 g/mol. The second kappa shape index (κ2) is 16.3. The van der Waals surface area contributed by atoms with E-state index in [1.807, 2.05) is 0 Å². The van der Waals surface area contributed by atoms with Gasteiger partial charge in [0.05, 0.1) is 6.10 Å². The predicted molar refractivity (Wildman–Crippen MR) is 142 cm³/mol. The van der Waals surface area contributed by atoms with E-state index in [0.717, 1.165) is 41.5 Å². The second-order valence-electron chi connectivity index (χ2n) is 10.4. The van der Waals surface area contributed by atoms with E-state index in [1.165, 1.54) is 14.0 Å². The molecule has 44 heavy (non-hydrogen) atoms. The summed E-state index contributed by atoms with van der Waals surface area (Å²) in [6, 6.07) is 0. The zero-order valence-electron chi connectivity index (χ0n) is 25.9. The highest BCUT2D eigenvalue weighted by Crippen LogP contribution is 2.40. The third-order valence-electron chi connectivity index (χ3n) is 6.87. The van der Waals surface area contributed by atoms with Crippen molar-refractivity contribution >= 4 is 41.8 Å². The van der Waals surface area contributed by atoms with Crippen LogP contribution in [0.3, 0.4) is 0 Å². The molecule has 248 valence electrons. The van der Waals surface area contributed by atoms with Crippen LogP contribution in [0.1, 0.15) is 61.3 Å². The second-order valence-corrected chi connectivity index (χ2v) is 10.4. The van der Waals surface area contributed by atoms with Crippen molar-refractivity contribution in [3.8, 4) is 0 Å². The topological polar surface area (TPSA) is 203 Å². The van der Waals surface area contributed by atoms with Gasteiger partial charge < -0.3 is 42.6 Å². The van der Waals surface area contributed by atoms with Gasteiger partial charge in [-0.3, -0.25) is 33.6 Å². The summed E-state index contributed by atoms with van der Waals surface area (Å²) >= 11 is 0. The van der Waals surface area contributed by atoms with Crippen molar-refractivity contribution in [2.45, 2.75) is 116 Å². The van der Waals surface area contributed by atoms with Gasteiger partial charge in [-0.25, -0.2) is 0 Å². The van der Waals surface area contributed by atoms with Crippen LogP contribution in [-0.2, 0) is 76.2 Å². The molecule has 0 unspecified atom stereocenters. The van der Waals surface area contributed by atoms with E-state index in [1.54, 1.807) is 0 Å². The molecular formula is C28H40O16. The minimum atomic E-state index is -1.45. The third-order valence-corrected chi connectivity index (χ3v) is 6.87. The molecule has 2 rings (SSSR count).